The van der Waals surface area contributed by atoms with Crippen molar-refractivity contribution < 1.29 is 14.2 Å². The second kappa shape index (κ2) is 7.55. The summed E-state index contributed by atoms with van der Waals surface area (Å²) in [6, 6.07) is 11.8. The van der Waals surface area contributed by atoms with Gasteiger partial charge in [-0.05, 0) is 30.7 Å². The van der Waals surface area contributed by atoms with Crippen LogP contribution >= 0.6 is 11.8 Å². The number of methoxy groups -OCH3 is 3. The van der Waals surface area contributed by atoms with Crippen molar-refractivity contribution in [3.8, 4) is 17.2 Å². The highest BCUT2D eigenvalue weighted by Crippen LogP contribution is 2.34. The van der Waals surface area contributed by atoms with E-state index in [1.807, 2.05) is 37.3 Å². The van der Waals surface area contributed by atoms with Crippen LogP contribution in [-0.4, -0.2) is 40.9 Å². The molecule has 0 unspecified atom stereocenters. The summed E-state index contributed by atoms with van der Waals surface area (Å²) in [5, 5.41) is 6.16. The molecule has 0 atom stereocenters. The summed E-state index contributed by atoms with van der Waals surface area (Å²) in [6.45, 7) is 1.87. The molecule has 0 aliphatic heterocycles. The maximum absolute atomic E-state index is 5.43. The minimum absolute atomic E-state index is 0.631. The first-order valence-electron chi connectivity index (χ1n) is 8.67. The molecule has 4 aromatic rings. The van der Waals surface area contributed by atoms with Crippen molar-refractivity contribution in [2.24, 2.45) is 0 Å². The lowest BCUT2D eigenvalue weighted by Crippen LogP contribution is -2.00. The van der Waals surface area contributed by atoms with Gasteiger partial charge in [0.05, 0.1) is 26.8 Å². The molecule has 0 amide bonds. The van der Waals surface area contributed by atoms with E-state index in [0.29, 0.717) is 17.3 Å². The van der Waals surface area contributed by atoms with Crippen molar-refractivity contribution in [3.05, 3.63) is 47.8 Å². The fraction of sp³-hybridized carbons (Fsp3) is 0.250. The number of hydrogen-bond acceptors (Lipinski definition) is 7. The van der Waals surface area contributed by atoms with Crippen molar-refractivity contribution in [1.29, 1.82) is 0 Å². The Balaban J connectivity index is 1.80. The Bertz CT molecular complexity index is 1160. The monoisotopic (exact) mass is 396 g/mol. The fourth-order valence-corrected chi connectivity index (χ4v) is 3.90. The summed E-state index contributed by atoms with van der Waals surface area (Å²) in [5.41, 5.74) is 2.67. The molecule has 0 fully saturated rings. The van der Waals surface area contributed by atoms with E-state index < -0.39 is 0 Å². The summed E-state index contributed by atoms with van der Waals surface area (Å²) in [6.07, 6.45) is 0. The van der Waals surface area contributed by atoms with Gasteiger partial charge in [-0.1, -0.05) is 23.9 Å². The predicted octanol–water partition coefficient (Wildman–Crippen LogP) is 3.90. The molecule has 2 aromatic heterocycles. The summed E-state index contributed by atoms with van der Waals surface area (Å²) < 4.78 is 18.0. The van der Waals surface area contributed by atoms with Gasteiger partial charge in [0, 0.05) is 17.2 Å². The van der Waals surface area contributed by atoms with E-state index in [1.54, 1.807) is 37.6 Å². The Morgan fingerprint density at radius 3 is 2.50 bits per heavy atom. The maximum atomic E-state index is 5.43. The lowest BCUT2D eigenvalue weighted by Gasteiger charge is -2.11. The highest BCUT2D eigenvalue weighted by Gasteiger charge is 2.16. The van der Waals surface area contributed by atoms with Crippen molar-refractivity contribution in [2.75, 3.05) is 21.3 Å². The zero-order valence-electron chi connectivity index (χ0n) is 16.1. The molecule has 7 nitrogen and oxygen atoms in total. The number of nitrogens with zero attached hydrogens (tertiary/aromatic N) is 4. The summed E-state index contributed by atoms with van der Waals surface area (Å²) in [7, 11) is 4.89. The van der Waals surface area contributed by atoms with Crippen LogP contribution in [0.4, 0.5) is 0 Å². The number of aryl methyl sites for hydroxylation is 1. The Morgan fingerprint density at radius 1 is 0.964 bits per heavy atom. The highest BCUT2D eigenvalue weighted by atomic mass is 32.2. The van der Waals surface area contributed by atoms with Gasteiger partial charge in [-0.25, -0.2) is 9.97 Å². The normalized spacial score (nSPS) is 11.1. The van der Waals surface area contributed by atoms with Gasteiger partial charge in [0.1, 0.15) is 11.6 Å². The van der Waals surface area contributed by atoms with Crippen LogP contribution < -0.4 is 14.2 Å². The molecule has 8 heteroatoms. The molecule has 28 heavy (non-hydrogen) atoms. The van der Waals surface area contributed by atoms with Gasteiger partial charge >= 0.3 is 0 Å². The van der Waals surface area contributed by atoms with E-state index in [4.69, 9.17) is 19.2 Å². The average Bonchev–Trinajstić information content (AvgIpc) is 3.12. The SMILES string of the molecule is COc1cccc(CSc2nc3cc(OC)c(OC)cc3c3nc(C)nn23)c1. The summed E-state index contributed by atoms with van der Waals surface area (Å²) in [4.78, 5) is 9.41. The van der Waals surface area contributed by atoms with Crippen LogP contribution in [0.5, 0.6) is 17.2 Å². The van der Waals surface area contributed by atoms with Crippen LogP contribution in [0.3, 0.4) is 0 Å². The Kier molecular flexibility index (Phi) is 4.95. The smallest absolute Gasteiger partial charge is 0.191 e. The summed E-state index contributed by atoms with van der Waals surface area (Å²) in [5.74, 6) is 3.52. The molecule has 0 spiro atoms. The Morgan fingerprint density at radius 2 is 1.75 bits per heavy atom. The van der Waals surface area contributed by atoms with E-state index in [9.17, 15) is 0 Å². The topological polar surface area (TPSA) is 70.8 Å². The molecule has 0 N–H and O–H groups in total. The number of aromatic nitrogens is 4. The van der Waals surface area contributed by atoms with Crippen molar-refractivity contribution in [2.45, 2.75) is 17.8 Å². The minimum atomic E-state index is 0.631. The minimum Gasteiger partial charge on any atom is -0.497 e. The van der Waals surface area contributed by atoms with Crippen LogP contribution in [0.15, 0.2) is 41.6 Å². The molecular formula is C20H20N4O3S. The fourth-order valence-electron chi connectivity index (χ4n) is 3.02. The quantitative estimate of drug-likeness (QED) is 0.361. The molecule has 2 aromatic carbocycles. The van der Waals surface area contributed by atoms with Gasteiger partial charge in [0.2, 0.25) is 0 Å². The van der Waals surface area contributed by atoms with Crippen molar-refractivity contribution in [3.63, 3.8) is 0 Å². The third-order valence-electron chi connectivity index (χ3n) is 4.36. The second-order valence-corrected chi connectivity index (χ2v) is 7.10. The number of thioether (sulfide) groups is 1. The third-order valence-corrected chi connectivity index (χ3v) is 5.36. The van der Waals surface area contributed by atoms with E-state index >= 15 is 0 Å². The highest BCUT2D eigenvalue weighted by molar-refractivity contribution is 7.98. The lowest BCUT2D eigenvalue weighted by molar-refractivity contribution is 0.355. The number of hydrogen-bond donors (Lipinski definition) is 0. The second-order valence-electron chi connectivity index (χ2n) is 6.15. The number of rotatable bonds is 6. The molecule has 0 radical (unpaired) electrons. The zero-order valence-corrected chi connectivity index (χ0v) is 16.9. The number of fused-ring (bicyclic) bond motifs is 3. The van der Waals surface area contributed by atoms with E-state index in [1.165, 1.54) is 0 Å². The first-order chi connectivity index (χ1) is 13.6. The van der Waals surface area contributed by atoms with Crippen molar-refractivity contribution in [1.82, 2.24) is 19.6 Å². The molecule has 0 aliphatic rings. The van der Waals surface area contributed by atoms with Crippen molar-refractivity contribution >= 4 is 28.3 Å². The van der Waals surface area contributed by atoms with Gasteiger partial charge in [0.25, 0.3) is 0 Å². The number of ether oxygens (including phenoxy) is 3. The first kappa shape index (κ1) is 18.4. The molecule has 0 bridgehead atoms. The molecule has 0 aliphatic carbocycles. The van der Waals surface area contributed by atoms with Gasteiger partial charge in [0.15, 0.2) is 22.3 Å². The van der Waals surface area contributed by atoms with Gasteiger partial charge < -0.3 is 14.2 Å². The summed E-state index contributed by atoms with van der Waals surface area (Å²) >= 11 is 1.60. The van der Waals surface area contributed by atoms with Crippen LogP contribution in [0.2, 0.25) is 0 Å². The molecular weight excluding hydrogens is 376 g/mol. The molecule has 0 saturated carbocycles. The zero-order chi connectivity index (χ0) is 19.7. The Labute approximate surface area is 166 Å². The molecule has 144 valence electrons. The van der Waals surface area contributed by atoms with Crippen LogP contribution in [-0.2, 0) is 5.75 Å². The van der Waals surface area contributed by atoms with Crippen LogP contribution in [0, 0.1) is 6.92 Å². The third kappa shape index (κ3) is 3.31. The first-order valence-corrected chi connectivity index (χ1v) is 9.66. The van der Waals surface area contributed by atoms with Gasteiger partial charge in [-0.15, -0.1) is 5.10 Å². The molecule has 4 rings (SSSR count). The standard InChI is InChI=1S/C20H20N4O3S/c1-12-21-19-15-9-17(26-3)18(27-4)10-16(15)22-20(24(19)23-12)28-11-13-6-5-7-14(8-13)25-2/h5-10H,11H2,1-4H3. The molecule has 0 saturated heterocycles. The lowest BCUT2D eigenvalue weighted by atomic mass is 10.2. The largest absolute Gasteiger partial charge is 0.497 e. The van der Waals surface area contributed by atoms with Crippen LogP contribution in [0.25, 0.3) is 16.6 Å². The van der Waals surface area contributed by atoms with E-state index in [2.05, 4.69) is 16.1 Å². The van der Waals surface area contributed by atoms with Gasteiger partial charge in [-0.2, -0.15) is 4.52 Å². The maximum Gasteiger partial charge on any atom is 0.191 e. The molecule has 2 heterocycles. The Hall–Kier alpha value is -3.00. The number of benzene rings is 2. The van der Waals surface area contributed by atoms with Crippen LogP contribution in [0.1, 0.15) is 11.4 Å². The van der Waals surface area contributed by atoms with E-state index in [0.717, 1.165) is 38.8 Å². The van der Waals surface area contributed by atoms with E-state index in [-0.39, 0.29) is 0 Å². The average molecular weight is 396 g/mol. The van der Waals surface area contributed by atoms with Gasteiger partial charge in [-0.3, -0.25) is 0 Å². The predicted molar refractivity (Wildman–Crippen MR) is 109 cm³/mol.